The van der Waals surface area contributed by atoms with E-state index in [1.807, 2.05) is 0 Å². The monoisotopic (exact) mass is 372 g/mol. The molecule has 0 radical (unpaired) electrons. The van der Waals surface area contributed by atoms with E-state index in [0.717, 1.165) is 10.6 Å². The van der Waals surface area contributed by atoms with Crippen molar-refractivity contribution in [1.82, 2.24) is 4.31 Å². The number of benzene rings is 1. The third-order valence-electron chi connectivity index (χ3n) is 3.51. The van der Waals surface area contributed by atoms with Gasteiger partial charge in [-0.05, 0) is 18.9 Å². The van der Waals surface area contributed by atoms with Gasteiger partial charge in [0.15, 0.2) is 0 Å². The van der Waals surface area contributed by atoms with Crippen molar-refractivity contribution in [2.75, 3.05) is 19.2 Å². The minimum absolute atomic E-state index is 0.0655. The molecule has 9 heteroatoms. The Kier molecular flexibility index (Phi) is 5.51. The zero-order chi connectivity index (χ0) is 17.9. The average molecular weight is 373 g/mol. The Bertz CT molecular complexity index is 817. The smallest absolute Gasteiger partial charge is 0.270 e. The molecule has 7 nitrogen and oxygen atoms in total. The molecule has 0 saturated heterocycles. The third-order valence-corrected chi connectivity index (χ3v) is 4.94. The molecule has 0 unspecified atom stereocenters. The van der Waals surface area contributed by atoms with Crippen LogP contribution < -0.4 is 4.74 Å². The number of alkyl halides is 1. The molecule has 24 heavy (non-hydrogen) atoms. The number of fused-ring (bicyclic) bond motifs is 1. The summed E-state index contributed by atoms with van der Waals surface area (Å²) >= 11 is 5.73. The second-order valence-electron chi connectivity index (χ2n) is 5.27. The maximum atomic E-state index is 11.9. The van der Waals surface area contributed by atoms with E-state index >= 15 is 0 Å². The van der Waals surface area contributed by atoms with Gasteiger partial charge < -0.3 is 4.74 Å². The minimum atomic E-state index is -3.53. The van der Waals surface area contributed by atoms with Gasteiger partial charge in [-0.2, -0.15) is 0 Å². The van der Waals surface area contributed by atoms with Gasteiger partial charge in [-0.1, -0.05) is 12.2 Å². The summed E-state index contributed by atoms with van der Waals surface area (Å²) < 4.78 is 30.6. The first kappa shape index (κ1) is 18.3. The van der Waals surface area contributed by atoms with Crippen LogP contribution in [0.3, 0.4) is 0 Å². The highest BCUT2D eigenvalue weighted by atomic mass is 35.5. The molecule has 1 heterocycles. The van der Waals surface area contributed by atoms with Crippen LogP contribution in [-0.4, -0.2) is 36.8 Å². The van der Waals surface area contributed by atoms with E-state index < -0.39 is 14.9 Å². The highest BCUT2D eigenvalue weighted by Gasteiger charge is 2.23. The number of hydrogen-bond acceptors (Lipinski definition) is 5. The molecule has 130 valence electrons. The third kappa shape index (κ3) is 4.07. The van der Waals surface area contributed by atoms with E-state index in [0.29, 0.717) is 35.6 Å². The summed E-state index contributed by atoms with van der Waals surface area (Å²) in [6, 6.07) is 4.15. The molecule has 0 aliphatic carbocycles. The predicted octanol–water partition coefficient (Wildman–Crippen LogP) is 3.12. The van der Waals surface area contributed by atoms with E-state index in [2.05, 4.69) is 0 Å². The Balaban J connectivity index is 2.50. The number of nitro benzene ring substituents is 1. The predicted molar refractivity (Wildman–Crippen MR) is 92.3 cm³/mol. The first-order valence-electron chi connectivity index (χ1n) is 7.11. The van der Waals surface area contributed by atoms with Crippen LogP contribution in [0.15, 0.2) is 35.7 Å². The Hall–Kier alpha value is -2.06. The van der Waals surface area contributed by atoms with Gasteiger partial charge in [0, 0.05) is 36.2 Å². The summed E-state index contributed by atoms with van der Waals surface area (Å²) in [6.07, 6.45) is 5.62. The topological polar surface area (TPSA) is 89.8 Å². The largest absolute Gasteiger partial charge is 0.439 e. The molecule has 0 bridgehead atoms. The summed E-state index contributed by atoms with van der Waals surface area (Å²) in [5.74, 6) is 0.945. The van der Waals surface area contributed by atoms with Crippen molar-refractivity contribution in [2.45, 2.75) is 12.8 Å². The van der Waals surface area contributed by atoms with Crippen LogP contribution in [-0.2, 0) is 10.0 Å². The van der Waals surface area contributed by atoms with E-state index in [1.165, 1.54) is 25.2 Å². The van der Waals surface area contributed by atoms with E-state index in [-0.39, 0.29) is 11.6 Å². The second-order valence-corrected chi connectivity index (χ2v) is 7.66. The molecule has 1 aliphatic rings. The Morgan fingerprint density at radius 2 is 2.04 bits per heavy atom. The number of non-ortho nitro benzene ring substituents is 1. The molecule has 0 fully saturated rings. The van der Waals surface area contributed by atoms with Gasteiger partial charge in [0.2, 0.25) is 15.9 Å². The van der Waals surface area contributed by atoms with Crippen LogP contribution >= 0.6 is 11.6 Å². The maximum absolute atomic E-state index is 11.9. The number of ether oxygens (including phenoxy) is 1. The van der Waals surface area contributed by atoms with Crippen LogP contribution in [0, 0.1) is 10.1 Å². The fourth-order valence-corrected chi connectivity index (χ4v) is 2.76. The zero-order valence-corrected chi connectivity index (χ0v) is 14.8. The lowest BCUT2D eigenvalue weighted by atomic mass is 10.1. The van der Waals surface area contributed by atoms with Crippen LogP contribution in [0.2, 0.25) is 0 Å². The molecule has 0 aromatic heterocycles. The summed E-state index contributed by atoms with van der Waals surface area (Å²) in [7, 11) is -2.13. The van der Waals surface area contributed by atoms with Crippen molar-refractivity contribution in [3.05, 3.63) is 51.4 Å². The number of sulfonamides is 1. The van der Waals surface area contributed by atoms with Crippen molar-refractivity contribution in [3.8, 4) is 5.75 Å². The van der Waals surface area contributed by atoms with Gasteiger partial charge >= 0.3 is 0 Å². The van der Waals surface area contributed by atoms with Crippen LogP contribution in [0.5, 0.6) is 5.75 Å². The van der Waals surface area contributed by atoms with Crippen LogP contribution in [0.25, 0.3) is 6.08 Å². The Morgan fingerprint density at radius 1 is 1.33 bits per heavy atom. The number of allylic oxidation sites excluding steroid dienone is 2. The molecule has 1 aromatic rings. The number of rotatable bonds is 6. The number of halogens is 1. The van der Waals surface area contributed by atoms with Crippen molar-refractivity contribution in [1.29, 1.82) is 0 Å². The summed E-state index contributed by atoms with van der Waals surface area (Å²) in [6.45, 7) is 0. The molecule has 0 N–H and O–H groups in total. The van der Waals surface area contributed by atoms with Crippen molar-refractivity contribution >= 4 is 33.4 Å². The van der Waals surface area contributed by atoms with E-state index in [1.54, 1.807) is 12.2 Å². The van der Waals surface area contributed by atoms with Gasteiger partial charge in [0.25, 0.3) is 5.69 Å². The lowest BCUT2D eigenvalue weighted by Gasteiger charge is -2.22. The second kappa shape index (κ2) is 7.23. The molecule has 2 rings (SSSR count). The van der Waals surface area contributed by atoms with Crippen LogP contribution in [0.4, 0.5) is 5.69 Å². The van der Waals surface area contributed by atoms with E-state index in [4.69, 9.17) is 16.3 Å². The quantitative estimate of drug-likeness (QED) is 0.434. The van der Waals surface area contributed by atoms with Crippen molar-refractivity contribution in [2.24, 2.45) is 0 Å². The summed E-state index contributed by atoms with van der Waals surface area (Å²) in [4.78, 5) is 10.4. The maximum Gasteiger partial charge on any atom is 0.270 e. The van der Waals surface area contributed by atoms with Crippen LogP contribution in [0.1, 0.15) is 18.4 Å². The highest BCUT2D eigenvalue weighted by molar-refractivity contribution is 7.88. The Morgan fingerprint density at radius 3 is 2.62 bits per heavy atom. The molecule has 1 aromatic carbocycles. The normalized spacial score (nSPS) is 14.0. The molecular weight excluding hydrogens is 356 g/mol. The Labute approximate surface area is 145 Å². The fourth-order valence-electron chi connectivity index (χ4n) is 2.17. The average Bonchev–Trinajstić information content (AvgIpc) is 2.69. The van der Waals surface area contributed by atoms with Gasteiger partial charge in [-0.25, -0.2) is 12.7 Å². The van der Waals surface area contributed by atoms with Gasteiger partial charge in [-0.3, -0.25) is 10.1 Å². The molecule has 0 saturated carbocycles. The van der Waals surface area contributed by atoms with Crippen molar-refractivity contribution < 1.29 is 18.1 Å². The van der Waals surface area contributed by atoms with Crippen molar-refractivity contribution in [3.63, 3.8) is 0 Å². The number of nitrogens with zero attached hydrogens (tertiary/aromatic N) is 2. The zero-order valence-electron chi connectivity index (χ0n) is 13.2. The standard InChI is InChI=1S/C15H17ClN2O5S/c1-17(24(2,21)22)15-11(4-3-9-16)5-6-12-10-13(18(19)20)7-8-14(12)23-15/h5-8,10H,3-4,9H2,1-2H3. The lowest BCUT2D eigenvalue weighted by Crippen LogP contribution is -2.29. The van der Waals surface area contributed by atoms with Gasteiger partial charge in [0.05, 0.1) is 11.2 Å². The molecule has 0 spiro atoms. The van der Waals surface area contributed by atoms with E-state index in [9.17, 15) is 18.5 Å². The SMILES string of the molecule is CN(C1=C(CCCCl)C=Cc2cc([N+](=O)[O-])ccc2O1)S(C)(=O)=O. The summed E-state index contributed by atoms with van der Waals surface area (Å²) in [5, 5.41) is 10.9. The molecular formula is C15H17ClN2O5S. The minimum Gasteiger partial charge on any atom is -0.439 e. The first-order valence-corrected chi connectivity index (χ1v) is 9.49. The molecule has 0 atom stereocenters. The fraction of sp³-hybridized carbons (Fsp3) is 0.333. The number of hydrogen-bond donors (Lipinski definition) is 0. The number of nitro groups is 1. The first-order chi connectivity index (χ1) is 11.2. The highest BCUT2D eigenvalue weighted by Crippen LogP contribution is 2.33. The molecule has 0 amide bonds. The molecule has 1 aliphatic heterocycles. The lowest BCUT2D eigenvalue weighted by molar-refractivity contribution is -0.384. The summed E-state index contributed by atoms with van der Waals surface area (Å²) in [5.41, 5.74) is 1.09. The van der Waals surface area contributed by atoms with Gasteiger partial charge in [0.1, 0.15) is 5.75 Å². The van der Waals surface area contributed by atoms with Gasteiger partial charge in [-0.15, -0.1) is 11.6 Å².